The molecule has 0 radical (unpaired) electrons. The summed E-state index contributed by atoms with van der Waals surface area (Å²) in [7, 11) is 0. The maximum Gasteiger partial charge on any atom is 0.417 e. The van der Waals surface area contributed by atoms with Crippen LogP contribution >= 0.6 is 0 Å². The molecule has 1 aromatic rings. The molecule has 234 valence electrons. The van der Waals surface area contributed by atoms with Crippen molar-refractivity contribution in [2.45, 2.75) is 115 Å². The number of halogens is 3. The van der Waals surface area contributed by atoms with E-state index in [1.54, 1.807) is 6.92 Å². The second-order valence-corrected chi connectivity index (χ2v) is 11.6. The fourth-order valence-electron chi connectivity index (χ4n) is 5.97. The lowest BCUT2D eigenvalue weighted by Crippen LogP contribution is -2.55. The van der Waals surface area contributed by atoms with Gasteiger partial charge in [0.05, 0.1) is 11.7 Å². The van der Waals surface area contributed by atoms with Crippen LogP contribution in [0.25, 0.3) is 6.08 Å². The predicted molar refractivity (Wildman–Crippen MR) is 156 cm³/mol. The Morgan fingerprint density at radius 2 is 1.93 bits per heavy atom. The number of urea groups is 1. The maximum absolute atomic E-state index is 13.8. The van der Waals surface area contributed by atoms with Crippen LogP contribution in [0.4, 0.5) is 18.0 Å². The first-order valence-electron chi connectivity index (χ1n) is 15.3. The zero-order chi connectivity index (χ0) is 30.8. The molecule has 1 aromatic heterocycles. The van der Waals surface area contributed by atoms with Gasteiger partial charge in [0, 0.05) is 36.6 Å². The highest BCUT2D eigenvalue weighted by Gasteiger charge is 2.41. The van der Waals surface area contributed by atoms with Crippen molar-refractivity contribution in [2.24, 2.45) is 5.92 Å². The van der Waals surface area contributed by atoms with Crippen molar-refractivity contribution < 1.29 is 31.9 Å². The number of allylic oxidation sites excluding steroid dienone is 1. The van der Waals surface area contributed by atoms with Crippen molar-refractivity contribution in [2.75, 3.05) is 13.2 Å². The summed E-state index contributed by atoms with van der Waals surface area (Å²) in [6.45, 7) is 6.56. The average Bonchev–Trinajstić information content (AvgIpc) is 2.95. The summed E-state index contributed by atoms with van der Waals surface area (Å²) >= 11 is 0. The Bertz CT molecular complexity index is 1180. The summed E-state index contributed by atoms with van der Waals surface area (Å²) in [4.78, 5) is 36.2. The van der Waals surface area contributed by atoms with Gasteiger partial charge in [0.25, 0.3) is 0 Å². The molecule has 0 spiro atoms. The number of fused-ring (bicyclic) bond motifs is 1. The molecule has 3 unspecified atom stereocenters. The SMILES string of the molecule is CCCC1=Cc2c(C(F)(F)F)cc(=O)oc2C(CCC)C1OCCCCCCNC(=O)N[C@@](C)(C=O)C1C=CCCC1. The lowest BCUT2D eigenvalue weighted by atomic mass is 9.79. The van der Waals surface area contributed by atoms with Crippen LogP contribution in [0.3, 0.4) is 0 Å². The van der Waals surface area contributed by atoms with E-state index in [1.807, 2.05) is 19.9 Å². The van der Waals surface area contributed by atoms with Gasteiger partial charge in [-0.3, -0.25) is 0 Å². The van der Waals surface area contributed by atoms with E-state index in [4.69, 9.17) is 9.15 Å². The van der Waals surface area contributed by atoms with Crippen LogP contribution in [0.2, 0.25) is 0 Å². The number of carbonyl (C=O) groups excluding carboxylic acids is 2. The highest BCUT2D eigenvalue weighted by atomic mass is 19.4. The molecule has 0 fully saturated rings. The number of hydrogen-bond donors (Lipinski definition) is 2. The molecule has 2 amide bonds. The van der Waals surface area contributed by atoms with Crippen molar-refractivity contribution in [3.8, 4) is 0 Å². The summed E-state index contributed by atoms with van der Waals surface area (Å²) in [5, 5.41) is 5.66. The topological polar surface area (TPSA) is 97.6 Å². The van der Waals surface area contributed by atoms with E-state index in [1.165, 1.54) is 6.08 Å². The largest absolute Gasteiger partial charge is 0.427 e. The van der Waals surface area contributed by atoms with Crippen molar-refractivity contribution in [3.05, 3.63) is 51.1 Å². The number of unbranched alkanes of at least 4 members (excludes halogenated alkanes) is 3. The Hall–Kier alpha value is -2.88. The molecule has 2 aliphatic rings. The summed E-state index contributed by atoms with van der Waals surface area (Å²) < 4.78 is 53.0. The van der Waals surface area contributed by atoms with E-state index < -0.39 is 34.9 Å². The monoisotopic (exact) mass is 594 g/mol. The number of rotatable bonds is 15. The lowest BCUT2D eigenvalue weighted by molar-refractivity contribution is -0.138. The van der Waals surface area contributed by atoms with E-state index in [0.717, 1.165) is 63.2 Å². The van der Waals surface area contributed by atoms with E-state index >= 15 is 0 Å². The number of alkyl halides is 3. The molecule has 3 rings (SSSR count). The highest BCUT2D eigenvalue weighted by molar-refractivity contribution is 5.80. The molecule has 2 N–H and O–H groups in total. The number of nitrogens with one attached hydrogen (secondary N) is 2. The van der Waals surface area contributed by atoms with Crippen LogP contribution in [-0.4, -0.2) is 37.1 Å². The first-order chi connectivity index (χ1) is 20.0. The zero-order valence-electron chi connectivity index (χ0n) is 25.0. The third-order valence-corrected chi connectivity index (χ3v) is 8.18. The molecule has 42 heavy (non-hydrogen) atoms. The number of amides is 2. The first-order valence-corrected chi connectivity index (χ1v) is 15.3. The number of carbonyl (C=O) groups is 2. The molecule has 0 saturated heterocycles. The second-order valence-electron chi connectivity index (χ2n) is 11.6. The fraction of sp³-hybridized carbons (Fsp3) is 0.656. The van der Waals surface area contributed by atoms with Gasteiger partial charge < -0.3 is 24.6 Å². The normalized spacial score (nSPS) is 21.7. The van der Waals surface area contributed by atoms with Gasteiger partial charge in [0.15, 0.2) is 0 Å². The Labute approximate surface area is 246 Å². The third-order valence-electron chi connectivity index (χ3n) is 8.18. The van der Waals surface area contributed by atoms with E-state index in [9.17, 15) is 27.6 Å². The Balaban J connectivity index is 1.50. The van der Waals surface area contributed by atoms with E-state index in [-0.39, 0.29) is 23.3 Å². The van der Waals surface area contributed by atoms with Gasteiger partial charge in [0.2, 0.25) is 0 Å². The van der Waals surface area contributed by atoms with Crippen molar-refractivity contribution in [1.82, 2.24) is 10.6 Å². The molecular formula is C32H45F3N2O5. The maximum atomic E-state index is 13.8. The third kappa shape index (κ3) is 8.82. The minimum absolute atomic E-state index is 0.0144. The van der Waals surface area contributed by atoms with E-state index in [2.05, 4.69) is 16.7 Å². The zero-order valence-corrected chi connectivity index (χ0v) is 25.0. The lowest BCUT2D eigenvalue weighted by Gasteiger charge is -2.34. The standard InChI is InChI=1S/C32H45F3N2O5/c1-4-13-22-19-25-26(32(33,34)35)20-27(39)42-29(25)24(14-5-2)28(22)41-18-12-7-6-11-17-36-30(40)37-31(3,21-38)23-15-9-8-10-16-23/h9,15,19-21,23-24,28H,4-8,10-14,16-18H2,1-3H3,(H2,36,37,40)/t23?,24?,28?,31-/m0/s1. The molecule has 0 saturated carbocycles. The van der Waals surface area contributed by atoms with Crippen LogP contribution in [-0.2, 0) is 15.7 Å². The molecule has 2 aliphatic carbocycles. The van der Waals surface area contributed by atoms with Gasteiger partial charge >= 0.3 is 17.8 Å². The summed E-state index contributed by atoms with van der Waals surface area (Å²) in [5.41, 5.74) is -2.15. The van der Waals surface area contributed by atoms with Gasteiger partial charge in [0.1, 0.15) is 17.6 Å². The highest BCUT2D eigenvalue weighted by Crippen LogP contribution is 2.44. The molecule has 4 atom stereocenters. The molecule has 0 bridgehead atoms. The van der Waals surface area contributed by atoms with Gasteiger partial charge in [-0.2, -0.15) is 13.2 Å². The van der Waals surface area contributed by atoms with Crippen LogP contribution in [0.15, 0.2) is 33.0 Å². The summed E-state index contributed by atoms with van der Waals surface area (Å²) in [5.74, 6) is -0.411. The van der Waals surface area contributed by atoms with Crippen LogP contribution < -0.4 is 16.3 Å². The first kappa shape index (κ1) is 33.6. The molecule has 7 nitrogen and oxygen atoms in total. The minimum Gasteiger partial charge on any atom is -0.427 e. The van der Waals surface area contributed by atoms with Crippen LogP contribution in [0.5, 0.6) is 0 Å². The van der Waals surface area contributed by atoms with Gasteiger partial charge in [-0.1, -0.05) is 51.7 Å². The smallest absolute Gasteiger partial charge is 0.417 e. The van der Waals surface area contributed by atoms with Crippen LogP contribution in [0.1, 0.15) is 114 Å². The molecule has 1 heterocycles. The van der Waals surface area contributed by atoms with Gasteiger partial charge in [-0.25, -0.2) is 9.59 Å². The number of aldehydes is 1. The van der Waals surface area contributed by atoms with Crippen molar-refractivity contribution >= 4 is 18.4 Å². The summed E-state index contributed by atoms with van der Waals surface area (Å²) in [6, 6.07) is 0.179. The van der Waals surface area contributed by atoms with Gasteiger partial charge in [-0.15, -0.1) is 0 Å². The summed E-state index contributed by atoms with van der Waals surface area (Å²) in [6.07, 6.45) is 9.93. The Morgan fingerprint density at radius 1 is 1.17 bits per heavy atom. The van der Waals surface area contributed by atoms with Crippen molar-refractivity contribution in [3.63, 3.8) is 0 Å². The van der Waals surface area contributed by atoms with E-state index in [0.29, 0.717) is 38.5 Å². The molecular weight excluding hydrogens is 549 g/mol. The van der Waals surface area contributed by atoms with Crippen molar-refractivity contribution in [1.29, 1.82) is 0 Å². The minimum atomic E-state index is -4.66. The average molecular weight is 595 g/mol. The number of ether oxygens (including phenoxy) is 1. The Morgan fingerprint density at radius 3 is 2.57 bits per heavy atom. The molecule has 0 aliphatic heterocycles. The predicted octanol–water partition coefficient (Wildman–Crippen LogP) is 7.30. The molecule has 0 aromatic carbocycles. The Kier molecular flexibility index (Phi) is 12.4. The van der Waals surface area contributed by atoms with Crippen LogP contribution in [0, 0.1) is 5.92 Å². The second kappa shape index (κ2) is 15.5. The number of hydrogen-bond acceptors (Lipinski definition) is 5. The molecule has 10 heteroatoms. The fourth-order valence-corrected chi connectivity index (χ4v) is 5.97. The van der Waals surface area contributed by atoms with Gasteiger partial charge in [-0.05, 0) is 63.5 Å². The quantitative estimate of drug-likeness (QED) is 0.126.